The fraction of sp³-hybridized carbons (Fsp3) is 0.387. The third-order valence-corrected chi connectivity index (χ3v) is 8.21. The molecular weight excluding hydrogens is 618 g/mol. The number of ether oxygens (including phenoxy) is 1. The number of carboxylic acids is 1. The number of aromatic nitrogens is 1. The summed E-state index contributed by atoms with van der Waals surface area (Å²) in [7, 11) is 1.60. The van der Waals surface area contributed by atoms with Crippen LogP contribution in [0.2, 0.25) is 10.0 Å². The number of hydrogen-bond donors (Lipinski definition) is 1. The second-order valence-corrected chi connectivity index (χ2v) is 11.4. The van der Waals surface area contributed by atoms with Crippen molar-refractivity contribution in [2.24, 2.45) is 0 Å². The van der Waals surface area contributed by atoms with Crippen molar-refractivity contribution in [1.82, 2.24) is 4.98 Å². The van der Waals surface area contributed by atoms with E-state index in [1.165, 1.54) is 57.2 Å². The monoisotopic (exact) mass is 653 g/mol. The van der Waals surface area contributed by atoms with E-state index in [4.69, 9.17) is 33.0 Å². The number of carboxylic acid groups (broad SMARTS) is 1. The smallest absolute Gasteiger partial charge is 1.00 e. The Morgan fingerprint density at radius 1 is 1.10 bits per heavy atom. The number of nitrogens with zero attached hydrogens (tertiary/aromatic N) is 1. The maximum Gasteiger partial charge on any atom is 1.00 e. The number of methoxy groups -OCH3 is 1. The number of ketones is 1. The van der Waals surface area contributed by atoms with Gasteiger partial charge in [-0.05, 0) is 37.6 Å². The standard InChI is InChI=1S/C31H34Cl2FNO4S.2Na.2H/c1-4-5-6-7-8-9-10-14-27(39-3)22-13-11-12-21(28(22)34)26-18-40-30(35-26)29(36)20-16-24(32)23(25(33)17-20)15-19(2)31(37)38;;;;/h11-13,15-18,27H,4-10,14H2,1-3H3,(H,37,38);;;;/q;2*+1;2*-1/b19-15+;;;;. The fourth-order valence-corrected chi connectivity index (χ4v) is 5.82. The molecule has 0 saturated carbocycles. The molecule has 1 unspecified atom stereocenters. The van der Waals surface area contributed by atoms with E-state index < -0.39 is 17.6 Å². The molecule has 2 aromatic carbocycles. The van der Waals surface area contributed by atoms with Gasteiger partial charge < -0.3 is 12.7 Å². The first-order valence-electron chi connectivity index (χ1n) is 13.4. The first kappa shape index (κ1) is 39.4. The van der Waals surface area contributed by atoms with Crippen LogP contribution in [0.25, 0.3) is 17.3 Å². The summed E-state index contributed by atoms with van der Waals surface area (Å²) >= 11 is 13.7. The minimum Gasteiger partial charge on any atom is -1.00 e. The second-order valence-electron chi connectivity index (χ2n) is 9.70. The van der Waals surface area contributed by atoms with Crippen LogP contribution in [-0.2, 0) is 9.53 Å². The molecule has 1 N–H and O–H groups in total. The van der Waals surface area contributed by atoms with Gasteiger partial charge in [0, 0.05) is 40.3 Å². The Labute approximate surface area is 308 Å². The van der Waals surface area contributed by atoms with Gasteiger partial charge in [0.2, 0.25) is 5.78 Å². The fourth-order valence-electron chi connectivity index (χ4n) is 4.44. The van der Waals surface area contributed by atoms with Gasteiger partial charge >= 0.3 is 65.1 Å². The number of hydrogen-bond acceptors (Lipinski definition) is 5. The van der Waals surface area contributed by atoms with E-state index in [0.29, 0.717) is 22.4 Å². The van der Waals surface area contributed by atoms with Crippen molar-refractivity contribution in [3.8, 4) is 11.3 Å². The van der Waals surface area contributed by atoms with Gasteiger partial charge in [0.25, 0.3) is 0 Å². The van der Waals surface area contributed by atoms with Crippen LogP contribution in [0, 0.1) is 5.82 Å². The molecule has 5 nitrogen and oxygen atoms in total. The molecular formula is C31H36Cl2FNNa2O4S. The molecule has 0 spiro atoms. The Hall–Kier alpha value is -0.580. The Kier molecular flexibility index (Phi) is 18.5. The first-order chi connectivity index (χ1) is 19.2. The molecule has 218 valence electrons. The van der Waals surface area contributed by atoms with Gasteiger partial charge in [-0.25, -0.2) is 14.2 Å². The molecule has 0 aliphatic carbocycles. The summed E-state index contributed by atoms with van der Waals surface area (Å²) in [6, 6.07) is 8.00. The Morgan fingerprint density at radius 3 is 2.31 bits per heavy atom. The third-order valence-electron chi connectivity index (χ3n) is 6.74. The zero-order chi connectivity index (χ0) is 29.2. The van der Waals surface area contributed by atoms with E-state index in [2.05, 4.69) is 11.9 Å². The minimum atomic E-state index is -1.10. The van der Waals surface area contributed by atoms with Crippen molar-refractivity contribution < 1.29 is 85.8 Å². The predicted octanol–water partition coefficient (Wildman–Crippen LogP) is 4.04. The van der Waals surface area contributed by atoms with Gasteiger partial charge in [0.15, 0.2) is 5.01 Å². The van der Waals surface area contributed by atoms with Crippen LogP contribution in [0.4, 0.5) is 4.39 Å². The van der Waals surface area contributed by atoms with Crippen molar-refractivity contribution in [3.63, 3.8) is 0 Å². The molecule has 1 heterocycles. The Bertz CT molecular complexity index is 1370. The molecule has 11 heteroatoms. The van der Waals surface area contributed by atoms with Crippen LogP contribution in [0.5, 0.6) is 0 Å². The summed E-state index contributed by atoms with van der Waals surface area (Å²) in [6.45, 7) is 3.62. The van der Waals surface area contributed by atoms with Crippen LogP contribution in [-0.4, -0.2) is 29.0 Å². The van der Waals surface area contributed by atoms with E-state index in [0.717, 1.165) is 30.6 Å². The molecule has 3 rings (SSSR count). The largest absolute Gasteiger partial charge is 1.00 e. The zero-order valence-electron chi connectivity index (χ0n) is 26.9. The molecule has 0 amide bonds. The van der Waals surface area contributed by atoms with Gasteiger partial charge in [-0.15, -0.1) is 11.3 Å². The van der Waals surface area contributed by atoms with Crippen LogP contribution < -0.4 is 59.1 Å². The quantitative estimate of drug-likeness (QED) is 0.116. The van der Waals surface area contributed by atoms with Gasteiger partial charge in [0.05, 0.1) is 21.8 Å². The maximum atomic E-state index is 15.7. The molecule has 42 heavy (non-hydrogen) atoms. The van der Waals surface area contributed by atoms with Crippen molar-refractivity contribution in [2.75, 3.05) is 7.11 Å². The zero-order valence-corrected chi connectivity index (χ0v) is 31.3. The number of halogens is 3. The molecule has 0 aliphatic heterocycles. The second kappa shape index (κ2) is 19.7. The number of carbonyl (C=O) groups is 2. The number of unbranched alkanes of at least 4 members (excludes halogenated alkanes) is 6. The van der Waals surface area contributed by atoms with Crippen molar-refractivity contribution in [3.05, 3.63) is 78.8 Å². The Morgan fingerprint density at radius 2 is 1.71 bits per heavy atom. The average molecular weight is 655 g/mol. The SMILES string of the molecule is CCCCCCCCCC(OC)c1cccc(-c2csc(C(=O)c3cc(Cl)c(/C=C(\C)C(=O)O)c(Cl)c3)n2)c1F.[H-].[H-].[Na+].[Na+]. The molecule has 3 aromatic rings. The average Bonchev–Trinajstić information content (AvgIpc) is 3.42. The Balaban J connectivity index is 0. The van der Waals surface area contributed by atoms with Crippen molar-refractivity contribution in [2.45, 2.75) is 71.3 Å². The number of carbonyl (C=O) groups excluding carboxylic acids is 1. The molecule has 1 aromatic heterocycles. The molecule has 0 fully saturated rings. The van der Waals surface area contributed by atoms with Crippen LogP contribution in [0.1, 0.15) is 101 Å². The van der Waals surface area contributed by atoms with E-state index in [-0.39, 0.29) is 94.3 Å². The number of thiazole rings is 1. The summed E-state index contributed by atoms with van der Waals surface area (Å²) < 4.78 is 21.3. The molecule has 0 bridgehead atoms. The molecule has 0 radical (unpaired) electrons. The molecule has 0 saturated heterocycles. The number of aliphatic carboxylic acids is 1. The van der Waals surface area contributed by atoms with Crippen LogP contribution >= 0.6 is 34.5 Å². The summed E-state index contributed by atoms with van der Waals surface area (Å²) in [6.07, 6.45) is 9.90. The maximum absolute atomic E-state index is 15.7. The van der Waals surface area contributed by atoms with E-state index >= 15 is 4.39 Å². The number of benzene rings is 2. The number of rotatable bonds is 15. The molecule has 0 aliphatic rings. The van der Waals surface area contributed by atoms with Crippen molar-refractivity contribution in [1.29, 1.82) is 0 Å². The third kappa shape index (κ3) is 10.8. The van der Waals surface area contributed by atoms with E-state index in [1.54, 1.807) is 30.7 Å². The van der Waals surface area contributed by atoms with E-state index in [9.17, 15) is 9.59 Å². The van der Waals surface area contributed by atoms with Gasteiger partial charge in [-0.1, -0.05) is 87.2 Å². The predicted molar refractivity (Wildman–Crippen MR) is 163 cm³/mol. The van der Waals surface area contributed by atoms with Gasteiger partial charge in [-0.2, -0.15) is 0 Å². The summed E-state index contributed by atoms with van der Waals surface area (Å²) in [4.78, 5) is 28.8. The molecule has 1 atom stereocenters. The normalized spacial score (nSPS) is 11.9. The van der Waals surface area contributed by atoms with Gasteiger partial charge in [-0.3, -0.25) is 4.79 Å². The van der Waals surface area contributed by atoms with Crippen LogP contribution in [0.15, 0.2) is 41.3 Å². The van der Waals surface area contributed by atoms with Crippen molar-refractivity contribution >= 4 is 52.4 Å². The summed E-state index contributed by atoms with van der Waals surface area (Å²) in [5, 5.41) is 11.2. The van der Waals surface area contributed by atoms with Crippen LogP contribution in [0.3, 0.4) is 0 Å². The topological polar surface area (TPSA) is 76.5 Å². The first-order valence-corrected chi connectivity index (χ1v) is 15.0. The summed E-state index contributed by atoms with van der Waals surface area (Å²) in [5.41, 5.74) is 1.69. The summed E-state index contributed by atoms with van der Waals surface area (Å²) in [5.74, 6) is -1.93. The van der Waals surface area contributed by atoms with E-state index in [1.807, 2.05) is 0 Å². The minimum absolute atomic E-state index is 0. The van der Waals surface area contributed by atoms with Gasteiger partial charge in [0.1, 0.15) is 5.82 Å².